The lowest BCUT2D eigenvalue weighted by Crippen LogP contribution is -2.19. The van der Waals surface area contributed by atoms with Crippen LogP contribution >= 0.6 is 0 Å². The molecule has 2 amide bonds. The van der Waals surface area contributed by atoms with Crippen molar-refractivity contribution < 1.29 is 9.53 Å². The molecule has 0 saturated carbocycles. The largest absolute Gasteiger partial charge is 0.497 e. The van der Waals surface area contributed by atoms with Crippen molar-refractivity contribution in [3.63, 3.8) is 0 Å². The predicted molar refractivity (Wildman–Crippen MR) is 82.9 cm³/mol. The van der Waals surface area contributed by atoms with Gasteiger partial charge in [0, 0.05) is 22.9 Å². The van der Waals surface area contributed by atoms with Gasteiger partial charge in [-0.05, 0) is 24.3 Å². The first kappa shape index (κ1) is 14.9. The summed E-state index contributed by atoms with van der Waals surface area (Å²) in [6.45, 7) is 6.21. The zero-order valence-electron chi connectivity index (χ0n) is 12.7. The topological polar surface area (TPSA) is 79.0 Å². The molecule has 6 heteroatoms. The second kappa shape index (κ2) is 5.87. The van der Waals surface area contributed by atoms with Crippen LogP contribution in [0, 0.1) is 0 Å². The Morgan fingerprint density at radius 2 is 1.86 bits per heavy atom. The Morgan fingerprint density at radius 1 is 1.19 bits per heavy atom. The highest BCUT2D eigenvalue weighted by atomic mass is 16.5. The molecule has 0 spiro atoms. The molecule has 3 N–H and O–H groups in total. The van der Waals surface area contributed by atoms with Crippen LogP contribution in [0.25, 0.3) is 0 Å². The molecule has 0 unspecified atom stereocenters. The van der Waals surface area contributed by atoms with Crippen LogP contribution in [-0.2, 0) is 5.41 Å². The Hall–Kier alpha value is -2.50. The van der Waals surface area contributed by atoms with Gasteiger partial charge in [0.2, 0.25) is 0 Å². The van der Waals surface area contributed by atoms with Gasteiger partial charge in [-0.25, -0.2) is 4.79 Å². The number of hydrogen-bond acceptors (Lipinski definition) is 3. The van der Waals surface area contributed by atoms with Gasteiger partial charge in [0.25, 0.3) is 0 Å². The maximum atomic E-state index is 11.9. The molecule has 21 heavy (non-hydrogen) atoms. The van der Waals surface area contributed by atoms with Crippen molar-refractivity contribution >= 4 is 17.5 Å². The van der Waals surface area contributed by atoms with Gasteiger partial charge in [0.05, 0.1) is 7.11 Å². The van der Waals surface area contributed by atoms with Crippen LogP contribution in [0.3, 0.4) is 0 Å². The molecule has 1 heterocycles. The minimum Gasteiger partial charge on any atom is -0.497 e. The summed E-state index contributed by atoms with van der Waals surface area (Å²) in [5.41, 5.74) is 1.60. The number of benzene rings is 1. The fourth-order valence-electron chi connectivity index (χ4n) is 1.72. The number of ether oxygens (including phenoxy) is 1. The van der Waals surface area contributed by atoms with Crippen molar-refractivity contribution in [2.45, 2.75) is 26.2 Å². The normalized spacial score (nSPS) is 11.0. The number of nitrogens with zero attached hydrogens (tertiary/aromatic N) is 1. The number of methoxy groups -OCH3 is 1. The summed E-state index contributed by atoms with van der Waals surface area (Å²) >= 11 is 0. The molecule has 0 aliphatic heterocycles. The average molecular weight is 288 g/mol. The second-order valence-electron chi connectivity index (χ2n) is 5.72. The van der Waals surface area contributed by atoms with Gasteiger partial charge in [-0.15, -0.1) is 0 Å². The first-order chi connectivity index (χ1) is 9.88. The summed E-state index contributed by atoms with van der Waals surface area (Å²) in [5, 5.41) is 12.4. The molecule has 2 aromatic rings. The third-order valence-electron chi connectivity index (χ3n) is 2.98. The lowest BCUT2D eigenvalue weighted by Gasteiger charge is -2.14. The van der Waals surface area contributed by atoms with Crippen LogP contribution in [0.15, 0.2) is 30.3 Å². The molecule has 0 radical (unpaired) electrons. The van der Waals surface area contributed by atoms with Gasteiger partial charge < -0.3 is 10.1 Å². The number of aromatic nitrogens is 2. The molecule has 1 aromatic carbocycles. The molecule has 0 aliphatic carbocycles. The fraction of sp³-hybridized carbons (Fsp3) is 0.333. The van der Waals surface area contributed by atoms with Crippen LogP contribution in [0.2, 0.25) is 0 Å². The number of nitrogens with one attached hydrogen (secondary N) is 3. The molecule has 0 saturated heterocycles. The maximum absolute atomic E-state index is 11.9. The van der Waals surface area contributed by atoms with E-state index in [2.05, 4.69) is 41.6 Å². The quantitative estimate of drug-likeness (QED) is 0.810. The van der Waals surface area contributed by atoms with Gasteiger partial charge in [0.15, 0.2) is 5.82 Å². The van der Waals surface area contributed by atoms with E-state index in [0.717, 1.165) is 11.4 Å². The lowest BCUT2D eigenvalue weighted by atomic mass is 9.92. The van der Waals surface area contributed by atoms with E-state index in [0.29, 0.717) is 11.5 Å². The first-order valence-electron chi connectivity index (χ1n) is 6.66. The number of urea groups is 1. The zero-order chi connectivity index (χ0) is 15.5. The second-order valence-corrected chi connectivity index (χ2v) is 5.72. The molecule has 112 valence electrons. The van der Waals surface area contributed by atoms with Gasteiger partial charge in [-0.3, -0.25) is 10.4 Å². The van der Waals surface area contributed by atoms with Crippen molar-refractivity contribution in [1.29, 1.82) is 0 Å². The summed E-state index contributed by atoms with van der Waals surface area (Å²) in [7, 11) is 1.60. The van der Waals surface area contributed by atoms with Crippen LogP contribution < -0.4 is 15.4 Å². The molecule has 6 nitrogen and oxygen atoms in total. The van der Waals surface area contributed by atoms with E-state index < -0.39 is 0 Å². The van der Waals surface area contributed by atoms with Gasteiger partial charge in [-0.1, -0.05) is 20.8 Å². The molecular formula is C15H20N4O2. The van der Waals surface area contributed by atoms with E-state index in [1.165, 1.54) is 0 Å². The predicted octanol–water partition coefficient (Wildman–Crippen LogP) is 3.36. The number of hydrogen-bond donors (Lipinski definition) is 3. The molecule has 0 fully saturated rings. The number of H-pyrrole nitrogens is 1. The van der Waals surface area contributed by atoms with E-state index >= 15 is 0 Å². The third kappa shape index (κ3) is 3.98. The van der Waals surface area contributed by atoms with Crippen LogP contribution in [0.4, 0.5) is 16.3 Å². The Kier molecular flexibility index (Phi) is 4.16. The zero-order valence-corrected chi connectivity index (χ0v) is 12.7. The van der Waals surface area contributed by atoms with E-state index in [9.17, 15) is 4.79 Å². The summed E-state index contributed by atoms with van der Waals surface area (Å²) in [6.07, 6.45) is 0. The number of aromatic amines is 1. The van der Waals surface area contributed by atoms with Crippen molar-refractivity contribution in [2.75, 3.05) is 17.7 Å². The number of amides is 2. The van der Waals surface area contributed by atoms with E-state index in [1.54, 1.807) is 31.4 Å². The van der Waals surface area contributed by atoms with Crippen molar-refractivity contribution in [1.82, 2.24) is 10.2 Å². The number of carbonyl (C=O) groups excluding carboxylic acids is 1. The van der Waals surface area contributed by atoms with Gasteiger partial charge in [-0.2, -0.15) is 5.10 Å². The summed E-state index contributed by atoms with van der Waals surface area (Å²) in [5.74, 6) is 1.23. The average Bonchev–Trinajstić information content (AvgIpc) is 2.88. The van der Waals surface area contributed by atoms with E-state index in [1.807, 2.05) is 6.07 Å². The highest BCUT2D eigenvalue weighted by molar-refractivity contribution is 5.99. The van der Waals surface area contributed by atoms with Crippen LogP contribution in [0.1, 0.15) is 26.5 Å². The molecule has 2 rings (SSSR count). The van der Waals surface area contributed by atoms with Crippen molar-refractivity contribution in [3.05, 3.63) is 36.0 Å². The highest BCUT2D eigenvalue weighted by Crippen LogP contribution is 2.22. The number of anilines is 2. The number of rotatable bonds is 3. The molecular weight excluding hydrogens is 268 g/mol. The highest BCUT2D eigenvalue weighted by Gasteiger charge is 2.17. The van der Waals surface area contributed by atoms with Crippen LogP contribution in [0.5, 0.6) is 5.75 Å². The Morgan fingerprint density at radius 3 is 2.38 bits per heavy atom. The minimum atomic E-state index is -0.341. The van der Waals surface area contributed by atoms with Crippen molar-refractivity contribution in [3.8, 4) is 5.75 Å². The minimum absolute atomic E-state index is 0.0423. The molecule has 0 atom stereocenters. The fourth-order valence-corrected chi connectivity index (χ4v) is 1.72. The third-order valence-corrected chi connectivity index (χ3v) is 2.98. The summed E-state index contributed by atoms with van der Waals surface area (Å²) in [6, 6.07) is 8.58. The maximum Gasteiger partial charge on any atom is 0.324 e. The first-order valence-corrected chi connectivity index (χ1v) is 6.66. The summed E-state index contributed by atoms with van der Waals surface area (Å²) < 4.78 is 5.06. The Labute approximate surface area is 123 Å². The Balaban J connectivity index is 1.96. The monoisotopic (exact) mass is 288 g/mol. The number of carbonyl (C=O) groups is 1. The summed E-state index contributed by atoms with van der Waals surface area (Å²) in [4.78, 5) is 11.9. The standard InChI is InChI=1S/C15H20N4O2/c1-15(2,3)12-9-13(19-18-12)17-14(20)16-10-5-7-11(21-4)8-6-10/h5-9H,1-4H3,(H3,16,17,18,19,20). The van der Waals surface area contributed by atoms with E-state index in [-0.39, 0.29) is 11.4 Å². The Bertz CT molecular complexity index is 611. The van der Waals surface area contributed by atoms with Gasteiger partial charge in [0.1, 0.15) is 5.75 Å². The van der Waals surface area contributed by atoms with Crippen molar-refractivity contribution in [2.24, 2.45) is 0 Å². The molecule has 1 aromatic heterocycles. The SMILES string of the molecule is COc1ccc(NC(=O)Nc2cc(C(C)(C)C)[nH]n2)cc1. The van der Waals surface area contributed by atoms with Gasteiger partial charge >= 0.3 is 6.03 Å². The smallest absolute Gasteiger partial charge is 0.324 e. The van der Waals surface area contributed by atoms with Crippen LogP contribution in [-0.4, -0.2) is 23.3 Å². The van der Waals surface area contributed by atoms with E-state index in [4.69, 9.17) is 4.74 Å². The molecule has 0 aliphatic rings. The lowest BCUT2D eigenvalue weighted by molar-refractivity contribution is 0.262. The molecule has 0 bridgehead atoms.